The van der Waals surface area contributed by atoms with Gasteiger partial charge >= 0.3 is 0 Å². The van der Waals surface area contributed by atoms with Crippen LogP contribution in [0.2, 0.25) is 0 Å². The molecule has 0 aliphatic rings. The number of carbonyl (C=O) groups excluding carboxylic acids is 1. The lowest BCUT2D eigenvalue weighted by molar-refractivity contribution is 0.100. The molecule has 0 bridgehead atoms. The van der Waals surface area contributed by atoms with Crippen molar-refractivity contribution in [1.29, 1.82) is 5.26 Å². The van der Waals surface area contributed by atoms with Crippen LogP contribution in [-0.4, -0.2) is 5.91 Å². The van der Waals surface area contributed by atoms with E-state index in [1.807, 2.05) is 84.9 Å². The molecule has 0 saturated carbocycles. The van der Waals surface area contributed by atoms with Crippen LogP contribution < -0.4 is 17.2 Å². The molecule has 0 fully saturated rings. The van der Waals surface area contributed by atoms with Crippen molar-refractivity contribution in [3.8, 4) is 28.3 Å². The zero-order chi connectivity index (χ0) is 22.2. The second kappa shape index (κ2) is 9.77. The molecule has 5 heteroatoms. The third-order valence-corrected chi connectivity index (χ3v) is 4.72. The van der Waals surface area contributed by atoms with E-state index in [2.05, 4.69) is 6.07 Å². The van der Waals surface area contributed by atoms with Crippen molar-refractivity contribution in [2.24, 2.45) is 5.73 Å². The Balaban J connectivity index is 0.000000176. The lowest BCUT2D eigenvalue weighted by Crippen LogP contribution is -2.14. The van der Waals surface area contributed by atoms with Crippen LogP contribution >= 0.6 is 0 Å². The molecule has 4 aromatic carbocycles. The molecule has 0 atom stereocenters. The molecule has 0 saturated heterocycles. The molecule has 4 rings (SSSR count). The van der Waals surface area contributed by atoms with Gasteiger partial charge in [0.2, 0.25) is 0 Å². The van der Waals surface area contributed by atoms with Crippen LogP contribution in [0.3, 0.4) is 0 Å². The highest BCUT2D eigenvalue weighted by Gasteiger charge is 2.12. The maximum absolute atomic E-state index is 11.4. The fourth-order valence-electron chi connectivity index (χ4n) is 3.26. The summed E-state index contributed by atoms with van der Waals surface area (Å²) in [6.45, 7) is 0. The van der Waals surface area contributed by atoms with Crippen molar-refractivity contribution in [3.05, 3.63) is 108 Å². The van der Waals surface area contributed by atoms with Crippen molar-refractivity contribution >= 4 is 17.3 Å². The number of hydrogen-bond donors (Lipinski definition) is 3. The van der Waals surface area contributed by atoms with Gasteiger partial charge in [0.1, 0.15) is 6.07 Å². The smallest absolute Gasteiger partial charge is 0.251 e. The van der Waals surface area contributed by atoms with E-state index < -0.39 is 5.91 Å². The van der Waals surface area contributed by atoms with E-state index >= 15 is 0 Å². The second-order valence-corrected chi connectivity index (χ2v) is 6.75. The Morgan fingerprint density at radius 1 is 0.645 bits per heavy atom. The Labute approximate surface area is 181 Å². The quantitative estimate of drug-likeness (QED) is 0.422. The zero-order valence-electron chi connectivity index (χ0n) is 16.8. The molecule has 31 heavy (non-hydrogen) atoms. The first-order valence-electron chi connectivity index (χ1n) is 9.60. The number of nitrogen functional groups attached to an aromatic ring is 2. The number of nitriles is 1. The van der Waals surface area contributed by atoms with Crippen LogP contribution in [0.4, 0.5) is 11.4 Å². The fraction of sp³-hybridized carbons (Fsp3) is 0. The molecule has 5 nitrogen and oxygen atoms in total. The van der Waals surface area contributed by atoms with Gasteiger partial charge in [0.25, 0.3) is 5.91 Å². The number of rotatable bonds is 3. The molecule has 0 spiro atoms. The van der Waals surface area contributed by atoms with Gasteiger partial charge in [0.05, 0.1) is 16.8 Å². The van der Waals surface area contributed by atoms with Crippen LogP contribution in [0.25, 0.3) is 22.3 Å². The number of nitrogens with two attached hydrogens (primary N) is 3. The zero-order valence-corrected chi connectivity index (χ0v) is 16.8. The van der Waals surface area contributed by atoms with Crippen LogP contribution in [0.5, 0.6) is 0 Å². The largest absolute Gasteiger partial charge is 0.398 e. The SMILES string of the molecule is N#Cc1c(N)cccc1-c1ccccc1.NC(=O)c1c(N)cccc1-c1ccccc1. The molecule has 0 heterocycles. The van der Waals surface area contributed by atoms with E-state index in [0.717, 1.165) is 22.3 Å². The van der Waals surface area contributed by atoms with Crippen LogP contribution in [0.15, 0.2) is 97.1 Å². The molecule has 0 aliphatic carbocycles. The third kappa shape index (κ3) is 4.89. The number of primary amides is 1. The number of anilines is 2. The Morgan fingerprint density at radius 3 is 1.65 bits per heavy atom. The molecule has 0 aliphatic heterocycles. The molecule has 0 aromatic heterocycles. The van der Waals surface area contributed by atoms with Crippen LogP contribution in [0, 0.1) is 11.3 Å². The molecular weight excluding hydrogens is 384 g/mol. The summed E-state index contributed by atoms with van der Waals surface area (Å²) < 4.78 is 0. The summed E-state index contributed by atoms with van der Waals surface area (Å²) in [7, 11) is 0. The molecule has 6 N–H and O–H groups in total. The van der Waals surface area contributed by atoms with Crippen molar-refractivity contribution in [2.45, 2.75) is 0 Å². The molecule has 0 unspecified atom stereocenters. The Kier molecular flexibility index (Phi) is 6.67. The van der Waals surface area contributed by atoms with E-state index in [0.29, 0.717) is 22.5 Å². The number of carbonyl (C=O) groups is 1. The van der Waals surface area contributed by atoms with Gasteiger partial charge in [-0.05, 0) is 28.8 Å². The molecule has 4 aromatic rings. The van der Waals surface area contributed by atoms with Gasteiger partial charge in [-0.2, -0.15) is 5.26 Å². The summed E-state index contributed by atoms with van der Waals surface area (Å²) >= 11 is 0. The van der Waals surface area contributed by atoms with E-state index in [1.165, 1.54) is 0 Å². The monoisotopic (exact) mass is 406 g/mol. The van der Waals surface area contributed by atoms with Crippen LogP contribution in [0.1, 0.15) is 15.9 Å². The minimum Gasteiger partial charge on any atom is -0.398 e. The molecular formula is C26H22N4O. The number of amides is 1. The van der Waals surface area contributed by atoms with Gasteiger partial charge < -0.3 is 17.2 Å². The van der Waals surface area contributed by atoms with E-state index in [1.54, 1.807) is 12.1 Å². The predicted octanol–water partition coefficient (Wildman–Crippen LogP) is 4.84. The Morgan fingerprint density at radius 2 is 1.13 bits per heavy atom. The first-order valence-corrected chi connectivity index (χ1v) is 9.60. The van der Waals surface area contributed by atoms with Gasteiger partial charge in [0.15, 0.2) is 0 Å². The summed E-state index contributed by atoms with van der Waals surface area (Å²) in [5, 5.41) is 9.03. The van der Waals surface area contributed by atoms with Gasteiger partial charge in [-0.15, -0.1) is 0 Å². The van der Waals surface area contributed by atoms with E-state index in [4.69, 9.17) is 22.5 Å². The molecule has 152 valence electrons. The minimum atomic E-state index is -0.503. The highest BCUT2D eigenvalue weighted by molar-refractivity contribution is 6.04. The van der Waals surface area contributed by atoms with Gasteiger partial charge in [0, 0.05) is 11.3 Å². The summed E-state index contributed by atoms with van der Waals surface area (Å²) in [6, 6.07) is 32.3. The minimum absolute atomic E-state index is 0.383. The van der Waals surface area contributed by atoms with E-state index in [9.17, 15) is 4.79 Å². The van der Waals surface area contributed by atoms with E-state index in [-0.39, 0.29) is 0 Å². The lowest BCUT2D eigenvalue weighted by Gasteiger charge is -2.09. The Hall–Kier alpha value is -4.56. The summed E-state index contributed by atoms with van der Waals surface area (Å²) in [5.74, 6) is -0.503. The van der Waals surface area contributed by atoms with Crippen molar-refractivity contribution < 1.29 is 4.79 Å². The van der Waals surface area contributed by atoms with Gasteiger partial charge in [-0.25, -0.2) is 0 Å². The van der Waals surface area contributed by atoms with Crippen molar-refractivity contribution in [3.63, 3.8) is 0 Å². The number of hydrogen-bond acceptors (Lipinski definition) is 4. The number of nitrogens with zero attached hydrogens (tertiary/aromatic N) is 1. The highest BCUT2D eigenvalue weighted by atomic mass is 16.1. The van der Waals surface area contributed by atoms with Crippen molar-refractivity contribution in [2.75, 3.05) is 11.5 Å². The van der Waals surface area contributed by atoms with Gasteiger partial charge in [-0.1, -0.05) is 84.9 Å². The average molecular weight is 406 g/mol. The Bertz CT molecular complexity index is 1230. The average Bonchev–Trinajstić information content (AvgIpc) is 2.80. The first-order chi connectivity index (χ1) is 15.0. The summed E-state index contributed by atoms with van der Waals surface area (Å²) in [5.41, 5.74) is 22.3. The standard InChI is InChI=1S/C13H12N2O.C13H10N2/c14-11-8-4-7-10(12(11)13(15)16)9-5-2-1-3-6-9;14-9-12-11(7-4-8-13(12)15)10-5-2-1-3-6-10/h1-8H,14H2,(H2,15,16);1-8H,15H2. The topological polar surface area (TPSA) is 119 Å². The highest BCUT2D eigenvalue weighted by Crippen LogP contribution is 2.27. The fourth-order valence-corrected chi connectivity index (χ4v) is 3.26. The first kappa shape index (κ1) is 21.2. The lowest BCUT2D eigenvalue weighted by atomic mass is 9.98. The maximum atomic E-state index is 11.4. The van der Waals surface area contributed by atoms with Crippen LogP contribution in [-0.2, 0) is 0 Å². The van der Waals surface area contributed by atoms with Crippen molar-refractivity contribution in [1.82, 2.24) is 0 Å². The molecule has 0 radical (unpaired) electrons. The van der Waals surface area contributed by atoms with Gasteiger partial charge in [-0.3, -0.25) is 4.79 Å². The molecule has 1 amide bonds. The summed E-state index contributed by atoms with van der Waals surface area (Å²) in [4.78, 5) is 11.4. The third-order valence-electron chi connectivity index (χ3n) is 4.72. The maximum Gasteiger partial charge on any atom is 0.251 e. The predicted molar refractivity (Wildman–Crippen MR) is 126 cm³/mol. The number of benzene rings is 4. The second-order valence-electron chi connectivity index (χ2n) is 6.75. The summed E-state index contributed by atoms with van der Waals surface area (Å²) in [6.07, 6.45) is 0. The normalized spacial score (nSPS) is 9.77.